The third-order valence-corrected chi connectivity index (χ3v) is 4.96. The summed E-state index contributed by atoms with van der Waals surface area (Å²) >= 11 is 1.64. The van der Waals surface area contributed by atoms with Gasteiger partial charge in [-0.05, 0) is 37.1 Å². The molecule has 21 heavy (non-hydrogen) atoms. The molecule has 5 nitrogen and oxygen atoms in total. The minimum absolute atomic E-state index is 0.245. The van der Waals surface area contributed by atoms with E-state index < -0.39 is 0 Å². The van der Waals surface area contributed by atoms with E-state index in [1.54, 1.807) is 17.7 Å². The van der Waals surface area contributed by atoms with Gasteiger partial charge in [0.2, 0.25) is 5.91 Å². The lowest BCUT2D eigenvalue weighted by molar-refractivity contribution is -0.131. The molecule has 1 aliphatic heterocycles. The van der Waals surface area contributed by atoms with Crippen molar-refractivity contribution in [1.29, 1.82) is 0 Å². The van der Waals surface area contributed by atoms with Crippen molar-refractivity contribution in [3.8, 4) is 0 Å². The van der Waals surface area contributed by atoms with E-state index in [0.29, 0.717) is 13.0 Å². The van der Waals surface area contributed by atoms with E-state index in [4.69, 9.17) is 0 Å². The summed E-state index contributed by atoms with van der Waals surface area (Å²) in [6, 6.07) is 0. The second-order valence-electron chi connectivity index (χ2n) is 5.44. The van der Waals surface area contributed by atoms with Gasteiger partial charge in [0, 0.05) is 26.1 Å². The number of hydrogen-bond donors (Lipinski definition) is 1. The molecule has 1 N–H and O–H groups in total. The van der Waals surface area contributed by atoms with E-state index in [1.807, 2.05) is 4.90 Å². The van der Waals surface area contributed by atoms with Crippen LogP contribution < -0.4 is 5.32 Å². The summed E-state index contributed by atoms with van der Waals surface area (Å²) in [4.78, 5) is 22.7. The molecule has 2 aromatic heterocycles. The molecule has 0 saturated carbocycles. The molecule has 0 radical (unpaired) electrons. The molecular weight excluding hydrogens is 284 g/mol. The molecule has 1 fully saturated rings. The Morgan fingerprint density at radius 3 is 2.95 bits per heavy atom. The summed E-state index contributed by atoms with van der Waals surface area (Å²) in [5.74, 6) is 1.08. The number of nitrogens with zero attached hydrogens (tertiary/aromatic N) is 3. The number of rotatable bonds is 4. The first-order valence-electron chi connectivity index (χ1n) is 7.46. The zero-order valence-electron chi connectivity index (χ0n) is 12.3. The predicted molar refractivity (Wildman–Crippen MR) is 85.7 cm³/mol. The van der Waals surface area contributed by atoms with E-state index in [1.165, 1.54) is 12.0 Å². The van der Waals surface area contributed by atoms with Gasteiger partial charge in [0.1, 0.15) is 12.1 Å². The molecule has 0 aromatic carbocycles. The highest BCUT2D eigenvalue weighted by atomic mass is 32.1. The molecular formula is C15H20N4OS. The monoisotopic (exact) mass is 304 g/mol. The lowest BCUT2D eigenvalue weighted by Gasteiger charge is -2.26. The van der Waals surface area contributed by atoms with Gasteiger partial charge in [-0.1, -0.05) is 0 Å². The number of anilines is 1. The molecule has 0 unspecified atom stereocenters. The van der Waals surface area contributed by atoms with Crippen LogP contribution in [0, 0.1) is 6.92 Å². The van der Waals surface area contributed by atoms with Crippen molar-refractivity contribution in [3.63, 3.8) is 0 Å². The van der Waals surface area contributed by atoms with Crippen LogP contribution in [0.2, 0.25) is 0 Å². The fourth-order valence-corrected chi connectivity index (χ4v) is 3.65. The van der Waals surface area contributed by atoms with Gasteiger partial charge in [-0.15, -0.1) is 11.3 Å². The van der Waals surface area contributed by atoms with Crippen LogP contribution >= 0.6 is 11.3 Å². The molecule has 0 aliphatic carbocycles. The molecule has 0 spiro atoms. The van der Waals surface area contributed by atoms with Crippen molar-refractivity contribution in [3.05, 3.63) is 17.3 Å². The zero-order chi connectivity index (χ0) is 14.7. The number of likely N-dealkylation sites (tertiary alicyclic amines) is 1. The summed E-state index contributed by atoms with van der Waals surface area (Å²) in [5.41, 5.74) is 2.17. The third-order valence-electron chi connectivity index (χ3n) is 3.87. The molecule has 3 heterocycles. The normalized spacial score (nSPS) is 15.4. The fraction of sp³-hybridized carbons (Fsp3) is 0.533. The second-order valence-corrected chi connectivity index (χ2v) is 6.32. The molecule has 1 saturated heterocycles. The van der Waals surface area contributed by atoms with Crippen LogP contribution in [-0.2, 0) is 4.79 Å². The van der Waals surface area contributed by atoms with E-state index in [9.17, 15) is 4.79 Å². The average molecular weight is 304 g/mol. The van der Waals surface area contributed by atoms with Crippen LogP contribution in [0.3, 0.4) is 0 Å². The number of amides is 1. The molecule has 6 heteroatoms. The van der Waals surface area contributed by atoms with Crippen LogP contribution in [0.25, 0.3) is 10.2 Å². The summed E-state index contributed by atoms with van der Waals surface area (Å²) < 4.78 is 1.07. The van der Waals surface area contributed by atoms with Crippen LogP contribution in [0.1, 0.15) is 31.2 Å². The molecule has 3 rings (SSSR count). The first-order chi connectivity index (χ1) is 10.3. The van der Waals surface area contributed by atoms with Gasteiger partial charge in [0.05, 0.1) is 10.2 Å². The first kappa shape index (κ1) is 14.3. The Morgan fingerprint density at radius 1 is 1.33 bits per heavy atom. The molecule has 0 bridgehead atoms. The highest BCUT2D eigenvalue weighted by Gasteiger charge is 2.16. The Balaban J connectivity index is 1.58. The molecule has 2 aromatic rings. The maximum atomic E-state index is 12.1. The average Bonchev–Trinajstić information content (AvgIpc) is 2.91. The Morgan fingerprint density at radius 2 is 2.14 bits per heavy atom. The lowest BCUT2D eigenvalue weighted by atomic mass is 10.1. The number of piperidine rings is 1. The van der Waals surface area contributed by atoms with Crippen molar-refractivity contribution in [2.24, 2.45) is 0 Å². The quantitative estimate of drug-likeness (QED) is 0.943. The van der Waals surface area contributed by atoms with Crippen molar-refractivity contribution in [1.82, 2.24) is 14.9 Å². The highest BCUT2D eigenvalue weighted by molar-refractivity contribution is 7.18. The minimum atomic E-state index is 0.245. The molecule has 1 aliphatic rings. The number of hydrogen-bond acceptors (Lipinski definition) is 5. The maximum Gasteiger partial charge on any atom is 0.224 e. The lowest BCUT2D eigenvalue weighted by Crippen LogP contribution is -2.36. The van der Waals surface area contributed by atoms with Crippen molar-refractivity contribution < 1.29 is 4.79 Å². The fourth-order valence-electron chi connectivity index (χ4n) is 2.68. The topological polar surface area (TPSA) is 58.1 Å². The van der Waals surface area contributed by atoms with Crippen LogP contribution in [-0.4, -0.2) is 40.4 Å². The maximum absolute atomic E-state index is 12.1. The Bertz CT molecular complexity index is 634. The van der Waals surface area contributed by atoms with Gasteiger partial charge in [-0.25, -0.2) is 9.97 Å². The predicted octanol–water partition coefficient (Wildman–Crippen LogP) is 2.81. The van der Waals surface area contributed by atoms with Crippen molar-refractivity contribution in [2.45, 2.75) is 32.6 Å². The standard InChI is InChI=1S/C15H20N4OS/c1-11-9-21-14-13(11)17-10-18-15(14)16-6-5-12(20)19-7-3-2-4-8-19/h9-10H,2-8H2,1H3,(H,16,17,18). The molecule has 1 amide bonds. The summed E-state index contributed by atoms with van der Waals surface area (Å²) in [6.07, 6.45) is 5.63. The van der Waals surface area contributed by atoms with Crippen molar-refractivity contribution >= 4 is 33.3 Å². The molecule has 0 atom stereocenters. The van der Waals surface area contributed by atoms with Gasteiger partial charge in [0.25, 0.3) is 0 Å². The van der Waals surface area contributed by atoms with E-state index in [-0.39, 0.29) is 5.91 Å². The summed E-state index contributed by atoms with van der Waals surface area (Å²) in [6.45, 7) is 4.51. The third kappa shape index (κ3) is 3.15. The van der Waals surface area contributed by atoms with Gasteiger partial charge in [0.15, 0.2) is 0 Å². The van der Waals surface area contributed by atoms with Crippen LogP contribution in [0.5, 0.6) is 0 Å². The number of carbonyl (C=O) groups excluding carboxylic acids is 1. The minimum Gasteiger partial charge on any atom is -0.368 e. The van der Waals surface area contributed by atoms with Gasteiger partial charge < -0.3 is 10.2 Å². The number of fused-ring (bicyclic) bond motifs is 1. The number of thiophene rings is 1. The Kier molecular flexibility index (Phi) is 4.34. The summed E-state index contributed by atoms with van der Waals surface area (Å²) in [5, 5.41) is 5.37. The number of aryl methyl sites for hydroxylation is 1. The van der Waals surface area contributed by atoms with Crippen molar-refractivity contribution in [2.75, 3.05) is 25.0 Å². The summed E-state index contributed by atoms with van der Waals surface area (Å²) in [7, 11) is 0. The van der Waals surface area contributed by atoms with Gasteiger partial charge in [-0.3, -0.25) is 4.79 Å². The van der Waals surface area contributed by atoms with Gasteiger partial charge >= 0.3 is 0 Å². The first-order valence-corrected chi connectivity index (χ1v) is 8.34. The molecule has 112 valence electrons. The van der Waals surface area contributed by atoms with E-state index in [2.05, 4.69) is 27.6 Å². The SMILES string of the molecule is Cc1csc2c(NCCC(=O)N3CCCCC3)ncnc12. The van der Waals surface area contributed by atoms with Crippen LogP contribution in [0.4, 0.5) is 5.82 Å². The smallest absolute Gasteiger partial charge is 0.224 e. The van der Waals surface area contributed by atoms with E-state index in [0.717, 1.165) is 42.0 Å². The van der Waals surface area contributed by atoms with Crippen LogP contribution in [0.15, 0.2) is 11.7 Å². The zero-order valence-corrected chi connectivity index (χ0v) is 13.1. The highest BCUT2D eigenvalue weighted by Crippen LogP contribution is 2.28. The van der Waals surface area contributed by atoms with E-state index >= 15 is 0 Å². The number of nitrogens with one attached hydrogen (secondary N) is 1. The number of aromatic nitrogens is 2. The number of carbonyl (C=O) groups is 1. The Hall–Kier alpha value is -1.69. The Labute approximate surface area is 128 Å². The van der Waals surface area contributed by atoms with Gasteiger partial charge in [-0.2, -0.15) is 0 Å². The second kappa shape index (κ2) is 6.39. The largest absolute Gasteiger partial charge is 0.368 e.